The molecule has 6 heteroatoms. The van der Waals surface area contributed by atoms with Crippen LogP contribution in [0.4, 0.5) is 23.0 Å². The normalized spacial score (nSPS) is 10.5. The van der Waals surface area contributed by atoms with Gasteiger partial charge in [-0.25, -0.2) is 9.97 Å². The summed E-state index contributed by atoms with van der Waals surface area (Å²) in [5, 5.41) is 3.34. The van der Waals surface area contributed by atoms with Gasteiger partial charge in [-0.3, -0.25) is 0 Å². The van der Waals surface area contributed by atoms with Gasteiger partial charge in [-0.05, 0) is 50.6 Å². The zero-order valence-electron chi connectivity index (χ0n) is 17.0. The summed E-state index contributed by atoms with van der Waals surface area (Å²) in [6.45, 7) is 6.89. The fourth-order valence-electron chi connectivity index (χ4n) is 3.07. The summed E-state index contributed by atoms with van der Waals surface area (Å²) in [5.74, 6) is 3.66. The van der Waals surface area contributed by atoms with Crippen molar-refractivity contribution in [3.05, 3.63) is 59.9 Å². The number of methoxy groups -OCH3 is 2. The monoisotopic (exact) mass is 378 g/mol. The maximum atomic E-state index is 5.48. The van der Waals surface area contributed by atoms with E-state index in [1.807, 2.05) is 31.2 Å². The molecule has 0 saturated carbocycles. The summed E-state index contributed by atoms with van der Waals surface area (Å²) >= 11 is 0. The smallest absolute Gasteiger partial charge is 0.146 e. The summed E-state index contributed by atoms with van der Waals surface area (Å²) < 4.78 is 10.7. The first-order valence-corrected chi connectivity index (χ1v) is 9.23. The highest BCUT2D eigenvalue weighted by Crippen LogP contribution is 2.32. The molecule has 0 amide bonds. The Morgan fingerprint density at radius 2 is 1.79 bits per heavy atom. The highest BCUT2D eigenvalue weighted by atomic mass is 16.5. The number of ether oxygens (including phenoxy) is 2. The number of nitrogens with one attached hydrogen (secondary N) is 1. The van der Waals surface area contributed by atoms with Crippen LogP contribution < -0.4 is 19.7 Å². The third-order valence-corrected chi connectivity index (χ3v) is 4.40. The Bertz CT molecular complexity index is 959. The summed E-state index contributed by atoms with van der Waals surface area (Å²) in [5.41, 5.74) is 3.13. The van der Waals surface area contributed by atoms with Gasteiger partial charge in [-0.1, -0.05) is 12.1 Å². The van der Waals surface area contributed by atoms with Crippen LogP contribution in [0, 0.1) is 13.8 Å². The molecule has 0 radical (unpaired) electrons. The lowest BCUT2D eigenvalue weighted by molar-refractivity contribution is 0.395. The van der Waals surface area contributed by atoms with E-state index in [2.05, 4.69) is 58.3 Å². The topological polar surface area (TPSA) is 59.5 Å². The van der Waals surface area contributed by atoms with Gasteiger partial charge in [0.2, 0.25) is 0 Å². The van der Waals surface area contributed by atoms with E-state index in [-0.39, 0.29) is 0 Å². The first kappa shape index (κ1) is 19.5. The number of rotatable bonds is 7. The van der Waals surface area contributed by atoms with E-state index in [1.54, 1.807) is 14.2 Å². The van der Waals surface area contributed by atoms with Crippen LogP contribution in [-0.2, 0) is 0 Å². The molecule has 0 aliphatic carbocycles. The molecule has 1 heterocycles. The first-order chi connectivity index (χ1) is 13.5. The Morgan fingerprint density at radius 3 is 2.46 bits per heavy atom. The van der Waals surface area contributed by atoms with Gasteiger partial charge in [0, 0.05) is 24.4 Å². The molecule has 1 aromatic heterocycles. The van der Waals surface area contributed by atoms with Gasteiger partial charge in [0.25, 0.3) is 0 Å². The highest BCUT2D eigenvalue weighted by Gasteiger charge is 2.13. The molecule has 3 rings (SSSR count). The van der Waals surface area contributed by atoms with E-state index in [4.69, 9.17) is 9.47 Å². The molecule has 2 aromatic carbocycles. The van der Waals surface area contributed by atoms with Crippen molar-refractivity contribution >= 4 is 23.0 Å². The molecule has 28 heavy (non-hydrogen) atoms. The standard InChI is InChI=1S/C22H26N4O2/c1-6-26(17-9-7-8-15(2)12-17)22-14-21(23-16(3)24-22)25-19-11-10-18(27-4)13-20(19)28-5/h7-14H,6H2,1-5H3,(H,23,24,25). The third-order valence-electron chi connectivity index (χ3n) is 4.40. The highest BCUT2D eigenvalue weighted by molar-refractivity contribution is 5.69. The van der Waals surface area contributed by atoms with Gasteiger partial charge in [0.15, 0.2) is 0 Å². The van der Waals surface area contributed by atoms with Gasteiger partial charge in [0.1, 0.15) is 29.0 Å². The summed E-state index contributed by atoms with van der Waals surface area (Å²) in [6.07, 6.45) is 0. The molecule has 0 fully saturated rings. The number of aryl methyl sites for hydroxylation is 2. The van der Waals surface area contributed by atoms with E-state index in [0.717, 1.165) is 29.5 Å². The van der Waals surface area contributed by atoms with E-state index in [0.29, 0.717) is 17.4 Å². The largest absolute Gasteiger partial charge is 0.497 e. The molecule has 1 N–H and O–H groups in total. The predicted molar refractivity (Wildman–Crippen MR) is 113 cm³/mol. The zero-order chi connectivity index (χ0) is 20.1. The number of aromatic nitrogens is 2. The van der Waals surface area contributed by atoms with Crippen molar-refractivity contribution in [3.63, 3.8) is 0 Å². The van der Waals surface area contributed by atoms with E-state index < -0.39 is 0 Å². The van der Waals surface area contributed by atoms with Crippen LogP contribution in [0.2, 0.25) is 0 Å². The Labute approximate surface area is 166 Å². The minimum Gasteiger partial charge on any atom is -0.497 e. The first-order valence-electron chi connectivity index (χ1n) is 9.23. The lowest BCUT2D eigenvalue weighted by Gasteiger charge is -2.23. The molecule has 0 spiro atoms. The second kappa shape index (κ2) is 8.61. The van der Waals surface area contributed by atoms with Crippen molar-refractivity contribution in [2.75, 3.05) is 31.0 Å². The fraction of sp³-hybridized carbons (Fsp3) is 0.273. The third kappa shape index (κ3) is 4.34. The van der Waals surface area contributed by atoms with E-state index >= 15 is 0 Å². The zero-order valence-corrected chi connectivity index (χ0v) is 17.0. The molecule has 0 aliphatic heterocycles. The lowest BCUT2D eigenvalue weighted by Crippen LogP contribution is -2.18. The number of anilines is 4. The van der Waals surface area contributed by atoms with Crippen LogP contribution in [-0.4, -0.2) is 30.7 Å². The minimum atomic E-state index is 0.684. The average molecular weight is 378 g/mol. The van der Waals surface area contributed by atoms with Crippen molar-refractivity contribution in [3.8, 4) is 11.5 Å². The molecular formula is C22H26N4O2. The second-order valence-electron chi connectivity index (χ2n) is 6.43. The van der Waals surface area contributed by atoms with Crippen LogP contribution in [0.25, 0.3) is 0 Å². The Balaban J connectivity index is 1.95. The van der Waals surface area contributed by atoms with Crippen LogP contribution in [0.5, 0.6) is 11.5 Å². The maximum absolute atomic E-state index is 5.48. The SMILES string of the molecule is CCN(c1cccc(C)c1)c1cc(Nc2ccc(OC)cc2OC)nc(C)n1. The average Bonchev–Trinajstić information content (AvgIpc) is 2.68. The number of hydrogen-bond donors (Lipinski definition) is 1. The number of benzene rings is 2. The lowest BCUT2D eigenvalue weighted by atomic mass is 10.2. The minimum absolute atomic E-state index is 0.684. The van der Waals surface area contributed by atoms with Crippen LogP contribution in [0.1, 0.15) is 18.3 Å². The summed E-state index contributed by atoms with van der Waals surface area (Å²) in [6, 6.07) is 16.0. The number of hydrogen-bond acceptors (Lipinski definition) is 6. The fourth-order valence-corrected chi connectivity index (χ4v) is 3.07. The Hall–Kier alpha value is -3.28. The van der Waals surface area contributed by atoms with Gasteiger partial charge in [-0.15, -0.1) is 0 Å². The molecule has 146 valence electrons. The van der Waals surface area contributed by atoms with Crippen molar-refractivity contribution in [2.24, 2.45) is 0 Å². The Morgan fingerprint density at radius 1 is 0.964 bits per heavy atom. The Kier molecular flexibility index (Phi) is 5.99. The number of nitrogens with zero attached hydrogens (tertiary/aromatic N) is 3. The van der Waals surface area contributed by atoms with E-state index in [9.17, 15) is 0 Å². The van der Waals surface area contributed by atoms with Crippen LogP contribution in [0.3, 0.4) is 0 Å². The molecule has 0 bridgehead atoms. The van der Waals surface area contributed by atoms with Crippen molar-refractivity contribution < 1.29 is 9.47 Å². The van der Waals surface area contributed by atoms with Crippen LogP contribution in [0.15, 0.2) is 48.5 Å². The predicted octanol–water partition coefficient (Wildman–Crippen LogP) is 5.01. The molecule has 0 atom stereocenters. The summed E-state index contributed by atoms with van der Waals surface area (Å²) in [7, 11) is 3.26. The summed E-state index contributed by atoms with van der Waals surface area (Å²) in [4.78, 5) is 11.4. The van der Waals surface area contributed by atoms with Crippen LogP contribution >= 0.6 is 0 Å². The van der Waals surface area contributed by atoms with Crippen molar-refractivity contribution in [1.29, 1.82) is 0 Å². The van der Waals surface area contributed by atoms with Crippen molar-refractivity contribution in [1.82, 2.24) is 9.97 Å². The molecule has 6 nitrogen and oxygen atoms in total. The molecule has 0 aliphatic rings. The molecule has 0 saturated heterocycles. The molecule has 0 unspecified atom stereocenters. The van der Waals surface area contributed by atoms with Crippen molar-refractivity contribution in [2.45, 2.75) is 20.8 Å². The molecule has 3 aromatic rings. The second-order valence-corrected chi connectivity index (χ2v) is 6.43. The van der Waals surface area contributed by atoms with Gasteiger partial charge < -0.3 is 19.7 Å². The van der Waals surface area contributed by atoms with Gasteiger partial charge >= 0.3 is 0 Å². The maximum Gasteiger partial charge on any atom is 0.146 e. The van der Waals surface area contributed by atoms with E-state index in [1.165, 1.54) is 5.56 Å². The van der Waals surface area contributed by atoms with Gasteiger partial charge in [0.05, 0.1) is 19.9 Å². The van der Waals surface area contributed by atoms with Gasteiger partial charge in [-0.2, -0.15) is 0 Å². The molecular weight excluding hydrogens is 352 g/mol. The quantitative estimate of drug-likeness (QED) is 0.623.